The van der Waals surface area contributed by atoms with Crippen LogP contribution in [0.25, 0.3) is 0 Å². The van der Waals surface area contributed by atoms with Gasteiger partial charge in [-0.05, 0) is 36.4 Å². The number of hydrogen-bond donors (Lipinski definition) is 1. The molecular formula is C15H17N3O2. The minimum atomic E-state index is -0.146. The first-order valence-electron chi connectivity index (χ1n) is 6.20. The third-order valence-corrected chi connectivity index (χ3v) is 2.98. The molecule has 104 valence electrons. The van der Waals surface area contributed by atoms with E-state index in [0.717, 1.165) is 0 Å². The summed E-state index contributed by atoms with van der Waals surface area (Å²) in [6, 6.07) is 9.98. The van der Waals surface area contributed by atoms with Crippen molar-refractivity contribution in [3.8, 4) is 5.75 Å². The topological polar surface area (TPSA) is 56.7 Å². The highest BCUT2D eigenvalue weighted by molar-refractivity contribution is 6.08. The van der Waals surface area contributed by atoms with E-state index in [9.17, 15) is 9.90 Å². The van der Waals surface area contributed by atoms with Gasteiger partial charge in [0.05, 0.1) is 5.56 Å². The number of phenols is 1. The minimum Gasteiger partial charge on any atom is -0.508 e. The van der Waals surface area contributed by atoms with E-state index in [1.54, 1.807) is 54.5 Å². The molecule has 0 spiro atoms. The molecule has 0 aliphatic heterocycles. The predicted octanol–water partition coefficient (Wildman–Crippen LogP) is 2.13. The van der Waals surface area contributed by atoms with Crippen LogP contribution in [0.15, 0.2) is 42.6 Å². The van der Waals surface area contributed by atoms with Gasteiger partial charge >= 0.3 is 0 Å². The van der Waals surface area contributed by atoms with Crippen molar-refractivity contribution in [2.45, 2.75) is 0 Å². The number of amides is 1. The Bertz CT molecular complexity index is 609. The van der Waals surface area contributed by atoms with E-state index in [4.69, 9.17) is 0 Å². The largest absolute Gasteiger partial charge is 0.508 e. The van der Waals surface area contributed by atoms with E-state index >= 15 is 0 Å². The van der Waals surface area contributed by atoms with Crippen molar-refractivity contribution in [3.63, 3.8) is 0 Å². The molecule has 1 heterocycles. The van der Waals surface area contributed by atoms with Gasteiger partial charge < -0.3 is 14.9 Å². The van der Waals surface area contributed by atoms with Gasteiger partial charge in [0.25, 0.3) is 5.91 Å². The lowest BCUT2D eigenvalue weighted by atomic mass is 10.2. The number of pyridine rings is 1. The molecule has 0 fully saturated rings. The van der Waals surface area contributed by atoms with Crippen LogP contribution in [0.5, 0.6) is 5.75 Å². The second-order valence-corrected chi connectivity index (χ2v) is 4.65. The van der Waals surface area contributed by atoms with Gasteiger partial charge in [0.2, 0.25) is 0 Å². The standard InChI is InChI=1S/C15H17N3O2/c1-17(2)14-13(5-4-10-16-14)15(20)18(3)11-6-8-12(19)9-7-11/h4-10,19H,1-3H3. The zero-order chi connectivity index (χ0) is 14.7. The lowest BCUT2D eigenvalue weighted by Gasteiger charge is -2.21. The normalized spacial score (nSPS) is 10.2. The van der Waals surface area contributed by atoms with E-state index in [1.165, 1.54) is 4.90 Å². The highest BCUT2D eigenvalue weighted by atomic mass is 16.3. The smallest absolute Gasteiger partial charge is 0.261 e. The molecule has 1 amide bonds. The Hall–Kier alpha value is -2.56. The molecule has 0 atom stereocenters. The molecule has 0 radical (unpaired) electrons. The number of carbonyl (C=O) groups excluding carboxylic acids is 1. The molecule has 1 aromatic heterocycles. The number of anilines is 2. The third kappa shape index (κ3) is 2.71. The number of nitrogens with zero attached hydrogens (tertiary/aromatic N) is 3. The van der Waals surface area contributed by atoms with E-state index in [1.807, 2.05) is 14.1 Å². The van der Waals surface area contributed by atoms with Crippen LogP contribution < -0.4 is 9.80 Å². The van der Waals surface area contributed by atoms with Crippen molar-refractivity contribution in [3.05, 3.63) is 48.2 Å². The van der Waals surface area contributed by atoms with E-state index < -0.39 is 0 Å². The summed E-state index contributed by atoms with van der Waals surface area (Å²) in [5, 5.41) is 9.29. The summed E-state index contributed by atoms with van der Waals surface area (Å²) in [6.07, 6.45) is 1.66. The monoisotopic (exact) mass is 271 g/mol. The fraction of sp³-hybridized carbons (Fsp3) is 0.200. The zero-order valence-electron chi connectivity index (χ0n) is 11.7. The van der Waals surface area contributed by atoms with Crippen LogP contribution in [-0.4, -0.2) is 37.1 Å². The number of aromatic nitrogens is 1. The van der Waals surface area contributed by atoms with E-state index in [2.05, 4.69) is 4.98 Å². The summed E-state index contributed by atoms with van der Waals surface area (Å²) >= 11 is 0. The molecule has 0 bridgehead atoms. The molecule has 0 saturated heterocycles. The molecule has 5 nitrogen and oxygen atoms in total. The van der Waals surface area contributed by atoms with Crippen LogP contribution in [0.1, 0.15) is 10.4 Å². The van der Waals surface area contributed by atoms with E-state index in [0.29, 0.717) is 17.1 Å². The molecule has 1 N–H and O–H groups in total. The van der Waals surface area contributed by atoms with Crippen molar-refractivity contribution >= 4 is 17.4 Å². The maximum atomic E-state index is 12.6. The Labute approximate surface area is 118 Å². The number of benzene rings is 1. The van der Waals surface area contributed by atoms with Gasteiger partial charge in [-0.3, -0.25) is 4.79 Å². The quantitative estimate of drug-likeness (QED) is 0.929. The summed E-state index contributed by atoms with van der Waals surface area (Å²) in [6.45, 7) is 0. The fourth-order valence-electron chi connectivity index (χ4n) is 1.89. The number of phenolic OH excluding ortho intramolecular Hbond substituents is 1. The average molecular weight is 271 g/mol. The van der Waals surface area contributed by atoms with Gasteiger partial charge in [-0.25, -0.2) is 4.98 Å². The Balaban J connectivity index is 2.34. The maximum absolute atomic E-state index is 12.6. The molecule has 2 aromatic rings. The highest BCUT2D eigenvalue weighted by Crippen LogP contribution is 2.22. The van der Waals surface area contributed by atoms with Crippen LogP contribution in [0.2, 0.25) is 0 Å². The number of hydrogen-bond acceptors (Lipinski definition) is 4. The molecule has 20 heavy (non-hydrogen) atoms. The SMILES string of the molecule is CN(C)c1ncccc1C(=O)N(C)c1ccc(O)cc1. The number of aromatic hydroxyl groups is 1. The van der Waals surface area contributed by atoms with Crippen molar-refractivity contribution in [2.24, 2.45) is 0 Å². The van der Waals surface area contributed by atoms with E-state index in [-0.39, 0.29) is 11.7 Å². The lowest BCUT2D eigenvalue weighted by Crippen LogP contribution is -2.28. The number of carbonyl (C=O) groups is 1. The Kier molecular flexibility index (Phi) is 3.89. The molecule has 0 aliphatic rings. The number of rotatable bonds is 3. The van der Waals surface area contributed by atoms with Gasteiger partial charge in [0.15, 0.2) is 0 Å². The Morgan fingerprint density at radius 3 is 2.35 bits per heavy atom. The summed E-state index contributed by atoms with van der Waals surface area (Å²) < 4.78 is 0. The van der Waals surface area contributed by atoms with Crippen LogP contribution in [0, 0.1) is 0 Å². The van der Waals surface area contributed by atoms with Crippen molar-refractivity contribution in [2.75, 3.05) is 30.9 Å². The first kappa shape index (κ1) is 13.9. The van der Waals surface area contributed by atoms with Gasteiger partial charge in [-0.2, -0.15) is 0 Å². The van der Waals surface area contributed by atoms with Crippen LogP contribution in [0.4, 0.5) is 11.5 Å². The predicted molar refractivity (Wildman–Crippen MR) is 79.4 cm³/mol. The van der Waals surface area contributed by atoms with Crippen LogP contribution in [0.3, 0.4) is 0 Å². The second kappa shape index (κ2) is 5.61. The lowest BCUT2D eigenvalue weighted by molar-refractivity contribution is 0.0993. The average Bonchev–Trinajstić information content (AvgIpc) is 2.46. The van der Waals surface area contributed by atoms with Gasteiger partial charge in [0, 0.05) is 33.0 Å². The summed E-state index contributed by atoms with van der Waals surface area (Å²) in [7, 11) is 5.39. The molecule has 2 rings (SSSR count). The summed E-state index contributed by atoms with van der Waals surface area (Å²) in [5.74, 6) is 0.653. The van der Waals surface area contributed by atoms with Gasteiger partial charge in [-0.1, -0.05) is 0 Å². The van der Waals surface area contributed by atoms with Crippen molar-refractivity contribution in [1.82, 2.24) is 4.98 Å². The zero-order valence-corrected chi connectivity index (χ0v) is 11.7. The maximum Gasteiger partial charge on any atom is 0.261 e. The minimum absolute atomic E-state index is 0.146. The molecule has 0 saturated carbocycles. The molecule has 0 aliphatic carbocycles. The fourth-order valence-corrected chi connectivity index (χ4v) is 1.89. The Morgan fingerprint density at radius 1 is 1.10 bits per heavy atom. The first-order valence-corrected chi connectivity index (χ1v) is 6.20. The highest BCUT2D eigenvalue weighted by Gasteiger charge is 2.18. The first-order chi connectivity index (χ1) is 9.50. The second-order valence-electron chi connectivity index (χ2n) is 4.65. The molecule has 0 unspecified atom stereocenters. The van der Waals surface area contributed by atoms with Crippen molar-refractivity contribution < 1.29 is 9.90 Å². The van der Waals surface area contributed by atoms with Gasteiger partial charge in [-0.15, -0.1) is 0 Å². The van der Waals surface area contributed by atoms with Gasteiger partial charge in [0.1, 0.15) is 11.6 Å². The molecule has 5 heteroatoms. The van der Waals surface area contributed by atoms with Crippen LogP contribution >= 0.6 is 0 Å². The van der Waals surface area contributed by atoms with Crippen LogP contribution in [-0.2, 0) is 0 Å². The van der Waals surface area contributed by atoms with Crippen molar-refractivity contribution in [1.29, 1.82) is 0 Å². The summed E-state index contributed by atoms with van der Waals surface area (Å²) in [5.41, 5.74) is 1.24. The molecular weight excluding hydrogens is 254 g/mol. The third-order valence-electron chi connectivity index (χ3n) is 2.98. The molecule has 1 aromatic carbocycles. The Morgan fingerprint density at radius 2 is 1.75 bits per heavy atom. The summed E-state index contributed by atoms with van der Waals surface area (Å²) in [4.78, 5) is 20.1.